The Balaban J connectivity index is 2.39. The quantitative estimate of drug-likeness (QED) is 0.621. The van der Waals surface area contributed by atoms with Gasteiger partial charge in [0.25, 0.3) is 0 Å². The third-order valence-corrected chi connectivity index (χ3v) is 4.14. The molecule has 1 aliphatic heterocycles. The Hall–Kier alpha value is -2.16. The fourth-order valence-electron chi connectivity index (χ4n) is 2.27. The Labute approximate surface area is 129 Å². The van der Waals surface area contributed by atoms with Crippen LogP contribution < -0.4 is 9.64 Å². The summed E-state index contributed by atoms with van der Waals surface area (Å²) in [6.07, 6.45) is 0.137. The minimum absolute atomic E-state index is 0.0323. The van der Waals surface area contributed by atoms with Gasteiger partial charge in [0, 0.05) is 37.3 Å². The topological polar surface area (TPSA) is 89.8 Å². The van der Waals surface area contributed by atoms with Crippen LogP contribution in [0.4, 0.5) is 15.8 Å². The second-order valence-electron chi connectivity index (χ2n) is 4.67. The number of carbonyl (C=O) groups is 2. The third-order valence-electron chi connectivity index (χ3n) is 3.16. The van der Waals surface area contributed by atoms with E-state index in [1.807, 2.05) is 0 Å². The van der Waals surface area contributed by atoms with E-state index in [4.69, 9.17) is 4.74 Å². The fraction of sp³-hybridized carbons (Fsp3) is 0.385. The number of halogens is 1. The van der Waals surface area contributed by atoms with Gasteiger partial charge >= 0.3 is 5.69 Å². The number of amides is 1. The highest BCUT2D eigenvalue weighted by Gasteiger charge is 2.35. The molecule has 0 radical (unpaired) electrons. The van der Waals surface area contributed by atoms with Crippen molar-refractivity contribution in [1.29, 1.82) is 0 Å². The fourth-order valence-corrected chi connectivity index (χ4v) is 3.19. The Morgan fingerprint density at radius 3 is 2.77 bits per heavy atom. The zero-order chi connectivity index (χ0) is 16.4. The van der Waals surface area contributed by atoms with Crippen LogP contribution in [-0.4, -0.2) is 34.9 Å². The van der Waals surface area contributed by atoms with Gasteiger partial charge in [0.05, 0.1) is 17.7 Å². The molecule has 1 unspecified atom stereocenters. The van der Waals surface area contributed by atoms with Gasteiger partial charge in [-0.05, 0) is 0 Å². The lowest BCUT2D eigenvalue weighted by Gasteiger charge is -2.19. The van der Waals surface area contributed by atoms with Crippen molar-refractivity contribution >= 4 is 34.2 Å². The van der Waals surface area contributed by atoms with Gasteiger partial charge in [0.15, 0.2) is 5.12 Å². The van der Waals surface area contributed by atoms with Gasteiger partial charge in [-0.25, -0.2) is 0 Å². The highest BCUT2D eigenvalue weighted by Crippen LogP contribution is 2.38. The molecule has 1 aromatic rings. The summed E-state index contributed by atoms with van der Waals surface area (Å²) in [6, 6.07) is 1.86. The van der Waals surface area contributed by atoms with Gasteiger partial charge in [-0.15, -0.1) is 0 Å². The Morgan fingerprint density at radius 2 is 2.23 bits per heavy atom. The molecule has 7 nitrogen and oxygen atoms in total. The Kier molecular flexibility index (Phi) is 4.65. The molecule has 1 amide bonds. The van der Waals surface area contributed by atoms with Crippen LogP contribution in [-0.2, 0) is 9.59 Å². The lowest BCUT2D eigenvalue weighted by Crippen LogP contribution is -2.25. The van der Waals surface area contributed by atoms with E-state index in [1.54, 1.807) is 0 Å². The number of nitro benzene ring substituents is 1. The monoisotopic (exact) mass is 328 g/mol. The summed E-state index contributed by atoms with van der Waals surface area (Å²) in [6.45, 7) is 1.61. The largest absolute Gasteiger partial charge is 0.494 e. The number of carbonyl (C=O) groups excluding carboxylic acids is 2. The first-order valence-electron chi connectivity index (χ1n) is 6.33. The molecule has 9 heteroatoms. The number of ether oxygens (including phenoxy) is 1. The summed E-state index contributed by atoms with van der Waals surface area (Å²) >= 11 is 1.04. The van der Waals surface area contributed by atoms with E-state index in [0.29, 0.717) is 0 Å². The summed E-state index contributed by atoms with van der Waals surface area (Å²) in [5.74, 6) is -1.30. The minimum Gasteiger partial charge on any atom is -0.494 e. The minimum atomic E-state index is -1.04. The Morgan fingerprint density at radius 1 is 1.55 bits per heavy atom. The van der Waals surface area contributed by atoms with Crippen LogP contribution in [0.1, 0.15) is 13.3 Å². The smallest absolute Gasteiger partial charge is 0.307 e. The second kappa shape index (κ2) is 6.30. The molecule has 1 fully saturated rings. The van der Waals surface area contributed by atoms with Crippen molar-refractivity contribution in [2.45, 2.75) is 18.6 Å². The van der Waals surface area contributed by atoms with Crippen LogP contribution in [0, 0.1) is 15.9 Å². The number of thioether (sulfide) groups is 1. The standard InChI is InChI=1S/C13H13FN2O5S/c1-7(17)22-8-3-13(18)15(6-8)11-5-10(16(19)20)9(14)4-12(11)21-2/h4-5,8H,3,6H2,1-2H3. The second-order valence-corrected chi connectivity index (χ2v) is 6.15. The third kappa shape index (κ3) is 3.19. The molecule has 0 aliphatic carbocycles. The van der Waals surface area contributed by atoms with E-state index in [1.165, 1.54) is 18.9 Å². The predicted octanol–water partition coefficient (Wildman–Crippen LogP) is 2.13. The number of rotatable bonds is 4. The van der Waals surface area contributed by atoms with Gasteiger partial charge in [-0.2, -0.15) is 4.39 Å². The Bertz CT molecular complexity index is 652. The first-order valence-corrected chi connectivity index (χ1v) is 7.21. The van der Waals surface area contributed by atoms with Crippen molar-refractivity contribution in [2.75, 3.05) is 18.6 Å². The van der Waals surface area contributed by atoms with E-state index in [2.05, 4.69) is 0 Å². The summed E-state index contributed by atoms with van der Waals surface area (Å²) in [7, 11) is 1.28. The molecule has 22 heavy (non-hydrogen) atoms. The number of hydrogen-bond acceptors (Lipinski definition) is 6. The zero-order valence-electron chi connectivity index (χ0n) is 11.9. The van der Waals surface area contributed by atoms with Gasteiger partial charge in [0.1, 0.15) is 5.75 Å². The number of benzene rings is 1. The van der Waals surface area contributed by atoms with Crippen molar-refractivity contribution in [2.24, 2.45) is 0 Å². The van der Waals surface area contributed by atoms with E-state index in [0.717, 1.165) is 23.9 Å². The van der Waals surface area contributed by atoms with Gasteiger partial charge < -0.3 is 9.64 Å². The van der Waals surface area contributed by atoms with Gasteiger partial charge in [-0.3, -0.25) is 19.7 Å². The molecule has 0 spiro atoms. The first-order chi connectivity index (χ1) is 10.3. The highest BCUT2D eigenvalue weighted by atomic mass is 32.2. The van der Waals surface area contributed by atoms with Crippen LogP contribution in [0.3, 0.4) is 0 Å². The van der Waals surface area contributed by atoms with Crippen molar-refractivity contribution in [3.8, 4) is 5.75 Å². The SMILES string of the molecule is COc1cc(F)c([N+](=O)[O-])cc1N1CC(SC(C)=O)CC1=O. The van der Waals surface area contributed by atoms with Crippen molar-refractivity contribution in [3.05, 3.63) is 28.1 Å². The number of nitrogens with zero attached hydrogens (tertiary/aromatic N) is 2. The summed E-state index contributed by atoms with van der Waals surface area (Å²) in [5.41, 5.74) is -0.599. The first kappa shape index (κ1) is 16.2. The molecule has 1 aromatic carbocycles. The van der Waals surface area contributed by atoms with Crippen LogP contribution in [0.2, 0.25) is 0 Å². The maximum atomic E-state index is 13.6. The molecule has 1 heterocycles. The van der Waals surface area contributed by atoms with E-state index in [-0.39, 0.29) is 40.7 Å². The summed E-state index contributed by atoms with van der Waals surface area (Å²) in [4.78, 5) is 34.5. The van der Waals surface area contributed by atoms with Crippen LogP contribution in [0.25, 0.3) is 0 Å². The normalized spacial score (nSPS) is 17.7. The van der Waals surface area contributed by atoms with Crippen molar-refractivity contribution in [1.82, 2.24) is 0 Å². The molecule has 0 bridgehead atoms. The van der Waals surface area contributed by atoms with Crippen LogP contribution in [0.5, 0.6) is 5.75 Å². The number of anilines is 1. The molecular formula is C13H13FN2O5S. The average Bonchev–Trinajstić information content (AvgIpc) is 2.77. The van der Waals surface area contributed by atoms with Crippen molar-refractivity contribution in [3.63, 3.8) is 0 Å². The maximum Gasteiger partial charge on any atom is 0.307 e. The number of hydrogen-bond donors (Lipinski definition) is 0. The summed E-state index contributed by atoms with van der Waals surface area (Å²) in [5, 5.41) is 10.5. The number of methoxy groups -OCH3 is 1. The molecule has 118 valence electrons. The molecule has 0 saturated carbocycles. The molecular weight excluding hydrogens is 315 g/mol. The van der Waals surface area contributed by atoms with E-state index in [9.17, 15) is 24.1 Å². The van der Waals surface area contributed by atoms with Crippen molar-refractivity contribution < 1.29 is 23.6 Å². The molecule has 0 N–H and O–H groups in total. The van der Waals surface area contributed by atoms with Crippen LogP contribution >= 0.6 is 11.8 Å². The zero-order valence-corrected chi connectivity index (χ0v) is 12.7. The van der Waals surface area contributed by atoms with Gasteiger partial charge in [-0.1, -0.05) is 11.8 Å². The maximum absolute atomic E-state index is 13.6. The lowest BCUT2D eigenvalue weighted by molar-refractivity contribution is -0.387. The molecule has 1 saturated heterocycles. The lowest BCUT2D eigenvalue weighted by atomic mass is 10.2. The molecule has 1 atom stereocenters. The molecule has 0 aromatic heterocycles. The summed E-state index contributed by atoms with van der Waals surface area (Å²) < 4.78 is 18.6. The average molecular weight is 328 g/mol. The van der Waals surface area contributed by atoms with Gasteiger partial charge in [0.2, 0.25) is 11.7 Å². The van der Waals surface area contributed by atoms with Crippen LogP contribution in [0.15, 0.2) is 12.1 Å². The van der Waals surface area contributed by atoms with E-state index >= 15 is 0 Å². The molecule has 1 aliphatic rings. The molecule has 2 rings (SSSR count). The number of nitro groups is 1. The highest BCUT2D eigenvalue weighted by molar-refractivity contribution is 8.14. The van der Waals surface area contributed by atoms with E-state index < -0.39 is 16.4 Å². The predicted molar refractivity (Wildman–Crippen MR) is 78.6 cm³/mol.